The Hall–Kier alpha value is -1.17. The van der Waals surface area contributed by atoms with E-state index in [9.17, 15) is 4.39 Å². The van der Waals surface area contributed by atoms with Gasteiger partial charge in [0.2, 0.25) is 0 Å². The van der Waals surface area contributed by atoms with Crippen molar-refractivity contribution in [3.8, 4) is 11.6 Å². The van der Waals surface area contributed by atoms with Gasteiger partial charge in [-0.25, -0.2) is 9.37 Å². The monoisotopic (exact) mass is 315 g/mol. The molecule has 1 aromatic carbocycles. The molecular formula is C11H7FINO. The van der Waals surface area contributed by atoms with Crippen LogP contribution in [0.2, 0.25) is 0 Å². The van der Waals surface area contributed by atoms with E-state index >= 15 is 0 Å². The molecule has 1 aromatic heterocycles. The first-order chi connectivity index (χ1) is 7.27. The van der Waals surface area contributed by atoms with E-state index in [0.29, 0.717) is 5.75 Å². The number of hydrogen-bond acceptors (Lipinski definition) is 2. The highest BCUT2D eigenvalue weighted by molar-refractivity contribution is 14.1. The lowest BCUT2D eigenvalue weighted by atomic mass is 10.3. The molecule has 4 heteroatoms. The molecule has 1 heterocycles. The largest absolute Gasteiger partial charge is 0.435 e. The minimum Gasteiger partial charge on any atom is -0.435 e. The topological polar surface area (TPSA) is 22.1 Å². The lowest BCUT2D eigenvalue weighted by Gasteiger charge is -2.06. The van der Waals surface area contributed by atoms with Crippen LogP contribution in [0.4, 0.5) is 4.39 Å². The summed E-state index contributed by atoms with van der Waals surface area (Å²) in [6.07, 6.45) is 1.49. The van der Waals surface area contributed by atoms with Crippen LogP contribution in [0, 0.1) is 9.39 Å². The van der Waals surface area contributed by atoms with Gasteiger partial charge < -0.3 is 4.74 Å². The van der Waals surface area contributed by atoms with Crippen LogP contribution in [-0.2, 0) is 0 Å². The highest BCUT2D eigenvalue weighted by Crippen LogP contribution is 2.26. The zero-order chi connectivity index (χ0) is 10.7. The molecule has 0 saturated heterocycles. The summed E-state index contributed by atoms with van der Waals surface area (Å²) in [4.78, 5) is 3.81. The van der Waals surface area contributed by atoms with Gasteiger partial charge in [-0.2, -0.15) is 0 Å². The van der Waals surface area contributed by atoms with E-state index in [1.54, 1.807) is 6.07 Å². The van der Waals surface area contributed by atoms with E-state index in [2.05, 4.69) is 27.6 Å². The van der Waals surface area contributed by atoms with E-state index in [-0.39, 0.29) is 5.88 Å². The second kappa shape index (κ2) is 4.57. The molecule has 0 atom stereocenters. The molecule has 0 fully saturated rings. The summed E-state index contributed by atoms with van der Waals surface area (Å²) < 4.78 is 19.5. The Bertz CT molecular complexity index is 432. The quantitative estimate of drug-likeness (QED) is 0.790. The van der Waals surface area contributed by atoms with Crippen LogP contribution in [0.25, 0.3) is 0 Å². The van der Waals surface area contributed by atoms with Gasteiger partial charge in [0.15, 0.2) is 5.82 Å². The van der Waals surface area contributed by atoms with Crippen molar-refractivity contribution in [3.05, 3.63) is 52.0 Å². The summed E-state index contributed by atoms with van der Waals surface area (Å²) in [7, 11) is 0. The summed E-state index contributed by atoms with van der Waals surface area (Å²) in [5, 5.41) is 0. The van der Waals surface area contributed by atoms with Gasteiger partial charge in [0, 0.05) is 6.20 Å². The summed E-state index contributed by atoms with van der Waals surface area (Å²) in [6.45, 7) is 0. The first kappa shape index (κ1) is 10.4. The first-order valence-corrected chi connectivity index (χ1v) is 5.38. The maximum atomic E-state index is 13.2. The Balaban J connectivity index is 2.30. The molecule has 0 aliphatic carbocycles. The van der Waals surface area contributed by atoms with Crippen LogP contribution < -0.4 is 4.74 Å². The molecule has 0 aliphatic rings. The predicted octanol–water partition coefficient (Wildman–Crippen LogP) is 3.62. The van der Waals surface area contributed by atoms with E-state index < -0.39 is 5.82 Å². The lowest BCUT2D eigenvalue weighted by molar-refractivity contribution is 0.420. The molecule has 0 bridgehead atoms. The molecule has 2 aromatic rings. The van der Waals surface area contributed by atoms with E-state index in [1.165, 1.54) is 18.3 Å². The summed E-state index contributed by atoms with van der Waals surface area (Å²) in [5.74, 6) is 0.148. The standard InChI is InChI=1S/C11H7FINO/c12-8-4-3-7-14-11(8)15-10-6-2-1-5-9(10)13/h1-7H. The van der Waals surface area contributed by atoms with Crippen molar-refractivity contribution in [3.63, 3.8) is 0 Å². The Morgan fingerprint density at radius 2 is 1.93 bits per heavy atom. The minimum atomic E-state index is -0.461. The number of benzene rings is 1. The predicted molar refractivity (Wildman–Crippen MR) is 63.4 cm³/mol. The number of aromatic nitrogens is 1. The number of para-hydroxylation sites is 1. The number of nitrogens with zero attached hydrogens (tertiary/aromatic N) is 1. The molecule has 0 radical (unpaired) electrons. The van der Waals surface area contributed by atoms with Crippen molar-refractivity contribution < 1.29 is 9.13 Å². The van der Waals surface area contributed by atoms with Gasteiger partial charge in [-0.15, -0.1) is 0 Å². The van der Waals surface area contributed by atoms with Crippen LogP contribution in [0.3, 0.4) is 0 Å². The van der Waals surface area contributed by atoms with Gasteiger partial charge in [-0.3, -0.25) is 0 Å². The van der Waals surface area contributed by atoms with Gasteiger partial charge in [0.1, 0.15) is 5.75 Å². The maximum absolute atomic E-state index is 13.2. The molecule has 0 unspecified atom stereocenters. The van der Waals surface area contributed by atoms with E-state index in [0.717, 1.165) is 3.57 Å². The second-order valence-corrected chi connectivity index (χ2v) is 3.99. The average molecular weight is 315 g/mol. The van der Waals surface area contributed by atoms with E-state index in [4.69, 9.17) is 4.74 Å². The Morgan fingerprint density at radius 3 is 2.67 bits per heavy atom. The third kappa shape index (κ3) is 2.44. The summed E-state index contributed by atoms with van der Waals surface area (Å²) >= 11 is 2.12. The Morgan fingerprint density at radius 1 is 1.13 bits per heavy atom. The molecule has 15 heavy (non-hydrogen) atoms. The van der Waals surface area contributed by atoms with Gasteiger partial charge in [-0.05, 0) is 46.9 Å². The molecular weight excluding hydrogens is 308 g/mol. The summed E-state index contributed by atoms with van der Waals surface area (Å²) in [6, 6.07) is 10.2. The molecule has 2 rings (SSSR count). The van der Waals surface area contributed by atoms with Crippen LogP contribution in [0.5, 0.6) is 11.6 Å². The Kier molecular flexibility index (Phi) is 3.15. The fourth-order valence-corrected chi connectivity index (χ4v) is 1.58. The van der Waals surface area contributed by atoms with Crippen LogP contribution in [-0.4, -0.2) is 4.98 Å². The molecule has 0 saturated carbocycles. The lowest BCUT2D eigenvalue weighted by Crippen LogP contribution is -1.92. The van der Waals surface area contributed by atoms with Crippen LogP contribution >= 0.6 is 22.6 Å². The van der Waals surface area contributed by atoms with Gasteiger partial charge in [0.25, 0.3) is 5.88 Å². The fraction of sp³-hybridized carbons (Fsp3) is 0. The number of ether oxygens (including phenoxy) is 1. The zero-order valence-corrected chi connectivity index (χ0v) is 9.81. The van der Waals surface area contributed by atoms with Gasteiger partial charge in [-0.1, -0.05) is 12.1 Å². The van der Waals surface area contributed by atoms with Crippen LogP contribution in [0.15, 0.2) is 42.6 Å². The average Bonchev–Trinajstić information content (AvgIpc) is 2.24. The van der Waals surface area contributed by atoms with Crippen LogP contribution in [0.1, 0.15) is 0 Å². The number of pyridine rings is 1. The van der Waals surface area contributed by atoms with Gasteiger partial charge in [0.05, 0.1) is 3.57 Å². The molecule has 76 valence electrons. The third-order valence-electron chi connectivity index (χ3n) is 1.77. The van der Waals surface area contributed by atoms with Crippen molar-refractivity contribution >= 4 is 22.6 Å². The van der Waals surface area contributed by atoms with Gasteiger partial charge >= 0.3 is 0 Å². The molecule has 0 N–H and O–H groups in total. The summed E-state index contributed by atoms with van der Waals surface area (Å²) in [5.41, 5.74) is 0. The number of halogens is 2. The second-order valence-electron chi connectivity index (χ2n) is 2.82. The molecule has 0 aliphatic heterocycles. The van der Waals surface area contributed by atoms with E-state index in [1.807, 2.05) is 18.2 Å². The van der Waals surface area contributed by atoms with Crippen molar-refractivity contribution in [2.24, 2.45) is 0 Å². The molecule has 0 amide bonds. The zero-order valence-electron chi connectivity index (χ0n) is 7.65. The highest BCUT2D eigenvalue weighted by atomic mass is 127. The first-order valence-electron chi connectivity index (χ1n) is 4.30. The van der Waals surface area contributed by atoms with Crippen molar-refractivity contribution in [2.75, 3.05) is 0 Å². The Labute approximate surface area is 100 Å². The SMILES string of the molecule is Fc1cccnc1Oc1ccccc1I. The minimum absolute atomic E-state index is 0.00150. The maximum Gasteiger partial charge on any atom is 0.255 e. The highest BCUT2D eigenvalue weighted by Gasteiger charge is 2.06. The number of rotatable bonds is 2. The molecule has 0 spiro atoms. The van der Waals surface area contributed by atoms with Crippen molar-refractivity contribution in [1.29, 1.82) is 0 Å². The third-order valence-corrected chi connectivity index (χ3v) is 2.66. The fourth-order valence-electron chi connectivity index (χ4n) is 1.08. The van der Waals surface area contributed by atoms with Crippen molar-refractivity contribution in [2.45, 2.75) is 0 Å². The van der Waals surface area contributed by atoms with Crippen molar-refractivity contribution in [1.82, 2.24) is 4.98 Å². The normalized spacial score (nSPS) is 10.0. The molecule has 2 nitrogen and oxygen atoms in total. The number of hydrogen-bond donors (Lipinski definition) is 0. The smallest absolute Gasteiger partial charge is 0.255 e.